The predicted molar refractivity (Wildman–Crippen MR) is 229 cm³/mol. The average Bonchev–Trinajstić information content (AvgIpc) is 3.78. The topological polar surface area (TPSA) is 59.4 Å². The van der Waals surface area contributed by atoms with E-state index in [4.69, 9.17) is 16.6 Å². The molecule has 0 aliphatic carbocycles. The number of halogens is 1. The second-order valence-corrected chi connectivity index (χ2v) is 14.6. The summed E-state index contributed by atoms with van der Waals surface area (Å²) >= 11 is 6.51. The summed E-state index contributed by atoms with van der Waals surface area (Å²) in [5, 5.41) is 12.7. The average molecular weight is 722 g/mol. The molecule has 1 N–H and O–H groups in total. The number of rotatable bonds is 4. The van der Waals surface area contributed by atoms with E-state index in [-0.39, 0.29) is 5.28 Å². The molecule has 12 aromatic rings. The van der Waals surface area contributed by atoms with E-state index in [2.05, 4.69) is 147 Å². The second kappa shape index (κ2) is 11.5. The van der Waals surface area contributed by atoms with Gasteiger partial charge in [0.05, 0.1) is 11.0 Å². The van der Waals surface area contributed by atoms with Gasteiger partial charge in [-0.15, -0.1) is 0 Å². The summed E-state index contributed by atoms with van der Waals surface area (Å²) < 4.78 is 2.08. The normalized spacial score (nSPS) is 12.1. The van der Waals surface area contributed by atoms with Crippen molar-refractivity contribution >= 4 is 87.5 Å². The van der Waals surface area contributed by atoms with Crippen molar-refractivity contribution in [2.45, 2.75) is 0 Å². The van der Waals surface area contributed by atoms with Gasteiger partial charge in [-0.25, -0.2) is 0 Å². The Balaban J connectivity index is 0.969. The maximum absolute atomic E-state index is 6.51. The van der Waals surface area contributed by atoms with E-state index in [0.717, 1.165) is 38.5 Å². The molecule has 55 heavy (non-hydrogen) atoms. The highest BCUT2D eigenvalue weighted by atomic mass is 35.5. The van der Waals surface area contributed by atoms with Crippen LogP contribution in [0.4, 0.5) is 0 Å². The molecule has 5 nitrogen and oxygen atoms in total. The maximum atomic E-state index is 6.51. The van der Waals surface area contributed by atoms with Crippen LogP contribution in [0.5, 0.6) is 0 Å². The smallest absolute Gasteiger partial charge is 0.239 e. The summed E-state index contributed by atoms with van der Waals surface area (Å²) in [6.45, 7) is 0. The van der Waals surface area contributed by atoms with Gasteiger partial charge in [-0.1, -0.05) is 127 Å². The van der Waals surface area contributed by atoms with Crippen LogP contribution in [0.1, 0.15) is 0 Å². The molecule has 0 aliphatic rings. The van der Waals surface area contributed by atoms with Crippen LogP contribution < -0.4 is 0 Å². The lowest BCUT2D eigenvalue weighted by atomic mass is 9.90. The molecule has 0 bridgehead atoms. The zero-order valence-corrected chi connectivity index (χ0v) is 30.0. The molecule has 12 rings (SSSR count). The number of benzene rings is 9. The highest BCUT2D eigenvalue weighted by Gasteiger charge is 2.19. The quantitative estimate of drug-likeness (QED) is 0.184. The van der Waals surface area contributed by atoms with Crippen molar-refractivity contribution in [1.29, 1.82) is 0 Å². The van der Waals surface area contributed by atoms with Crippen molar-refractivity contribution in [3.8, 4) is 39.6 Å². The van der Waals surface area contributed by atoms with Gasteiger partial charge in [0.25, 0.3) is 0 Å². The number of hydrogen-bond donors (Lipinski definition) is 1. The zero-order chi connectivity index (χ0) is 36.2. The molecule has 0 saturated carbocycles. The van der Waals surface area contributed by atoms with E-state index in [1.807, 2.05) is 36.4 Å². The van der Waals surface area contributed by atoms with E-state index >= 15 is 0 Å². The fourth-order valence-corrected chi connectivity index (χ4v) is 8.98. The molecule has 0 fully saturated rings. The third-order valence-electron chi connectivity index (χ3n) is 11.3. The summed E-state index contributed by atoms with van der Waals surface area (Å²) in [5.41, 5.74) is 9.92. The molecular formula is C49H28ClN5. The summed E-state index contributed by atoms with van der Waals surface area (Å²) in [6, 6.07) is 58.4. The Morgan fingerprint density at radius 3 is 1.85 bits per heavy atom. The molecule has 0 saturated heterocycles. The molecule has 3 aromatic heterocycles. The minimum absolute atomic E-state index is 0.155. The van der Waals surface area contributed by atoms with Crippen LogP contribution in [-0.4, -0.2) is 24.5 Å². The van der Waals surface area contributed by atoms with Gasteiger partial charge >= 0.3 is 0 Å². The molecule has 0 radical (unpaired) electrons. The maximum Gasteiger partial charge on any atom is 0.239 e. The van der Waals surface area contributed by atoms with Crippen molar-refractivity contribution in [1.82, 2.24) is 24.5 Å². The number of para-hydroxylation sites is 1. The third kappa shape index (κ3) is 4.51. The summed E-state index contributed by atoms with van der Waals surface area (Å²) in [7, 11) is 0. The van der Waals surface area contributed by atoms with E-state index in [1.165, 1.54) is 65.3 Å². The lowest BCUT2D eigenvalue weighted by molar-refractivity contribution is 0.947. The van der Waals surface area contributed by atoms with E-state index in [9.17, 15) is 0 Å². The summed E-state index contributed by atoms with van der Waals surface area (Å²) in [6.07, 6.45) is 0. The number of fused-ring (bicyclic) bond motifs is 8. The number of aromatic amines is 1. The highest BCUT2D eigenvalue weighted by molar-refractivity contribution is 6.38. The Kier molecular flexibility index (Phi) is 6.33. The van der Waals surface area contributed by atoms with Gasteiger partial charge in [0, 0.05) is 43.5 Å². The van der Waals surface area contributed by atoms with Crippen molar-refractivity contribution in [2.24, 2.45) is 0 Å². The number of nitrogens with one attached hydrogen (secondary N) is 1. The molecule has 0 aliphatic heterocycles. The zero-order valence-electron chi connectivity index (χ0n) is 29.3. The van der Waals surface area contributed by atoms with Crippen molar-refractivity contribution in [2.75, 3.05) is 0 Å². The Hall–Kier alpha value is -7.08. The third-order valence-corrected chi connectivity index (χ3v) is 11.4. The molecular weight excluding hydrogens is 694 g/mol. The lowest BCUT2D eigenvalue weighted by Crippen LogP contribution is -2.04. The molecule has 3 heterocycles. The number of hydrogen-bond acceptors (Lipinski definition) is 3. The lowest BCUT2D eigenvalue weighted by Gasteiger charge is -2.13. The molecule has 0 amide bonds. The van der Waals surface area contributed by atoms with Gasteiger partial charge in [-0.2, -0.15) is 15.0 Å². The molecule has 6 heteroatoms. The van der Waals surface area contributed by atoms with Crippen LogP contribution in [-0.2, 0) is 0 Å². The van der Waals surface area contributed by atoms with E-state index in [1.54, 1.807) is 0 Å². The first kappa shape index (κ1) is 30.4. The Bertz CT molecular complexity index is 3490. The van der Waals surface area contributed by atoms with Gasteiger partial charge in [0.15, 0.2) is 5.82 Å². The van der Waals surface area contributed by atoms with Crippen molar-refractivity contribution in [3.63, 3.8) is 0 Å². The standard InChI is InChI=1S/C49H28ClN5/c50-48-52-47(30-9-2-1-3-10-30)53-49(54-48)55-42-16-7-6-12-35(42)39-26-32(23-24-43(39)55)29-19-17-28(18-20-29)31-21-22-33-27-41-46-44(38(33)25-31)36-13-5-4-11-34(36)37-14-8-15-40(51-41)45(37)46/h1-27,51H. The fourth-order valence-electron chi connectivity index (χ4n) is 8.82. The van der Waals surface area contributed by atoms with E-state index < -0.39 is 0 Å². The van der Waals surface area contributed by atoms with Crippen LogP contribution in [0.3, 0.4) is 0 Å². The molecule has 0 atom stereocenters. The largest absolute Gasteiger partial charge is 0.354 e. The van der Waals surface area contributed by atoms with Gasteiger partial charge in [-0.3, -0.25) is 4.57 Å². The Labute approximate surface area is 319 Å². The van der Waals surface area contributed by atoms with Gasteiger partial charge in [0.1, 0.15) is 0 Å². The van der Waals surface area contributed by atoms with Gasteiger partial charge < -0.3 is 4.98 Å². The predicted octanol–water partition coefficient (Wildman–Crippen LogP) is 13.2. The Morgan fingerprint density at radius 1 is 0.400 bits per heavy atom. The molecule has 9 aromatic carbocycles. The van der Waals surface area contributed by atoms with Crippen LogP contribution in [0.15, 0.2) is 164 Å². The SMILES string of the molecule is Clc1nc(-c2ccccc2)nc(-n2c3ccccc3c3cc(-c4ccc(-c5ccc6cc7[nH]c8cccc9c%10ccccc%10c(c6c5)c7c89)cc4)ccc32)n1. The minimum Gasteiger partial charge on any atom is -0.354 e. The second-order valence-electron chi connectivity index (χ2n) is 14.3. The molecule has 256 valence electrons. The van der Waals surface area contributed by atoms with Crippen LogP contribution in [0, 0.1) is 0 Å². The van der Waals surface area contributed by atoms with Crippen molar-refractivity contribution in [3.05, 3.63) is 169 Å². The van der Waals surface area contributed by atoms with Crippen LogP contribution >= 0.6 is 11.6 Å². The first-order valence-electron chi connectivity index (χ1n) is 18.4. The minimum atomic E-state index is 0.155. The fraction of sp³-hybridized carbons (Fsp3) is 0. The number of H-pyrrole nitrogens is 1. The van der Waals surface area contributed by atoms with Crippen LogP contribution in [0.2, 0.25) is 5.28 Å². The number of aromatic nitrogens is 5. The highest BCUT2D eigenvalue weighted by Crippen LogP contribution is 2.45. The van der Waals surface area contributed by atoms with Gasteiger partial charge in [-0.05, 0) is 97.2 Å². The first-order chi connectivity index (χ1) is 27.2. The number of nitrogens with zero attached hydrogens (tertiary/aromatic N) is 4. The Morgan fingerprint density at radius 2 is 1.04 bits per heavy atom. The molecule has 0 unspecified atom stereocenters. The molecule has 0 spiro atoms. The van der Waals surface area contributed by atoms with Gasteiger partial charge in [0.2, 0.25) is 11.2 Å². The van der Waals surface area contributed by atoms with Crippen molar-refractivity contribution < 1.29 is 0 Å². The monoisotopic (exact) mass is 721 g/mol. The summed E-state index contributed by atoms with van der Waals surface area (Å²) in [5.74, 6) is 1.02. The van der Waals surface area contributed by atoms with Crippen LogP contribution in [0.25, 0.3) is 116 Å². The van der Waals surface area contributed by atoms with E-state index in [0.29, 0.717) is 11.8 Å². The first-order valence-corrected chi connectivity index (χ1v) is 18.8. The summed E-state index contributed by atoms with van der Waals surface area (Å²) in [4.78, 5) is 17.6.